The third kappa shape index (κ3) is 1.86. The summed E-state index contributed by atoms with van der Waals surface area (Å²) in [6, 6.07) is 6.48. The fourth-order valence-electron chi connectivity index (χ4n) is 2.70. The number of benzene rings is 1. The van der Waals surface area contributed by atoms with E-state index in [1.807, 2.05) is 31.4 Å². The van der Waals surface area contributed by atoms with E-state index in [0.29, 0.717) is 11.5 Å². The third-order valence-corrected chi connectivity index (χ3v) is 3.60. The second-order valence-corrected chi connectivity index (χ2v) is 5.02. The number of nitrogen functional groups attached to an aromatic ring is 1. The van der Waals surface area contributed by atoms with Crippen LogP contribution in [0.5, 0.6) is 0 Å². The van der Waals surface area contributed by atoms with Crippen LogP contribution in [0.3, 0.4) is 0 Å². The molecule has 0 fully saturated rings. The first kappa shape index (κ1) is 12.7. The lowest BCUT2D eigenvalue weighted by Gasteiger charge is -2.15. The van der Waals surface area contributed by atoms with Gasteiger partial charge in [0.15, 0.2) is 0 Å². The van der Waals surface area contributed by atoms with E-state index in [9.17, 15) is 4.39 Å². The summed E-state index contributed by atoms with van der Waals surface area (Å²) in [5, 5.41) is 0. The van der Waals surface area contributed by atoms with Crippen molar-refractivity contribution in [3.8, 4) is 0 Å². The van der Waals surface area contributed by atoms with Crippen LogP contribution in [-0.4, -0.2) is 9.55 Å². The molecule has 0 aliphatic carbocycles. The molecule has 2 N–H and O–H groups in total. The van der Waals surface area contributed by atoms with Gasteiger partial charge in [0.05, 0.1) is 17.1 Å². The molecule has 1 atom stereocenters. The van der Waals surface area contributed by atoms with Crippen LogP contribution in [0.2, 0.25) is 0 Å². The highest BCUT2D eigenvalue weighted by Gasteiger charge is 2.19. The molecule has 2 aromatic heterocycles. The van der Waals surface area contributed by atoms with Crippen LogP contribution in [0.15, 0.2) is 28.7 Å². The van der Waals surface area contributed by atoms with E-state index in [1.165, 1.54) is 12.1 Å². The topological polar surface area (TPSA) is 57.0 Å². The molecule has 0 spiro atoms. The van der Waals surface area contributed by atoms with E-state index in [2.05, 4.69) is 4.98 Å². The molecule has 20 heavy (non-hydrogen) atoms. The van der Waals surface area contributed by atoms with Gasteiger partial charge in [0.25, 0.3) is 0 Å². The van der Waals surface area contributed by atoms with Crippen molar-refractivity contribution in [3.63, 3.8) is 0 Å². The summed E-state index contributed by atoms with van der Waals surface area (Å²) >= 11 is 0. The molecule has 2 heterocycles. The van der Waals surface area contributed by atoms with Crippen LogP contribution >= 0.6 is 0 Å². The Labute approximate surface area is 116 Å². The Morgan fingerprint density at radius 2 is 2.05 bits per heavy atom. The highest BCUT2D eigenvalue weighted by atomic mass is 19.1. The number of halogens is 1. The predicted octanol–water partition coefficient (Wildman–Crippen LogP) is 3.58. The first-order valence-electron chi connectivity index (χ1n) is 6.47. The number of hydrogen-bond donors (Lipinski definition) is 1. The summed E-state index contributed by atoms with van der Waals surface area (Å²) in [5.74, 6) is 1.78. The zero-order valence-corrected chi connectivity index (χ0v) is 11.6. The maximum absolute atomic E-state index is 13.3. The van der Waals surface area contributed by atoms with Crippen LogP contribution in [0, 0.1) is 19.7 Å². The molecule has 104 valence electrons. The van der Waals surface area contributed by atoms with Gasteiger partial charge in [0, 0.05) is 11.6 Å². The molecule has 3 rings (SSSR count). The van der Waals surface area contributed by atoms with Crippen LogP contribution in [-0.2, 0) is 0 Å². The predicted molar refractivity (Wildman–Crippen MR) is 76.1 cm³/mol. The Morgan fingerprint density at radius 3 is 2.70 bits per heavy atom. The van der Waals surface area contributed by atoms with Crippen LogP contribution < -0.4 is 5.73 Å². The minimum Gasteiger partial charge on any atom is -0.466 e. The van der Waals surface area contributed by atoms with Crippen LogP contribution in [0.4, 0.5) is 10.3 Å². The van der Waals surface area contributed by atoms with Crippen molar-refractivity contribution in [3.05, 3.63) is 47.2 Å². The Balaban J connectivity index is 2.18. The monoisotopic (exact) mass is 273 g/mol. The maximum atomic E-state index is 13.3. The lowest BCUT2D eigenvalue weighted by molar-refractivity contribution is 0.495. The van der Waals surface area contributed by atoms with Crippen molar-refractivity contribution in [2.75, 3.05) is 5.73 Å². The lowest BCUT2D eigenvalue weighted by atomic mass is 10.1. The summed E-state index contributed by atoms with van der Waals surface area (Å²) in [4.78, 5) is 4.23. The molecule has 0 saturated carbocycles. The number of fused-ring (bicyclic) bond motifs is 1. The van der Waals surface area contributed by atoms with Gasteiger partial charge in [-0.2, -0.15) is 0 Å². The summed E-state index contributed by atoms with van der Waals surface area (Å²) in [5.41, 5.74) is 8.43. The third-order valence-electron chi connectivity index (χ3n) is 3.60. The van der Waals surface area contributed by atoms with Crippen LogP contribution in [0.25, 0.3) is 11.0 Å². The maximum Gasteiger partial charge on any atom is 0.201 e. The molecule has 0 saturated heterocycles. The summed E-state index contributed by atoms with van der Waals surface area (Å²) < 4.78 is 20.7. The van der Waals surface area contributed by atoms with Crippen molar-refractivity contribution >= 4 is 17.0 Å². The first-order chi connectivity index (χ1) is 9.47. The second kappa shape index (κ2) is 4.37. The molecule has 3 aromatic rings. The molecule has 0 aliphatic heterocycles. The molecule has 5 heteroatoms. The fourth-order valence-corrected chi connectivity index (χ4v) is 2.70. The zero-order chi connectivity index (χ0) is 14.4. The van der Waals surface area contributed by atoms with Gasteiger partial charge in [-0.3, -0.25) is 0 Å². The molecule has 0 aliphatic rings. The number of nitrogens with zero attached hydrogens (tertiary/aromatic N) is 2. The lowest BCUT2D eigenvalue weighted by Crippen LogP contribution is -2.10. The summed E-state index contributed by atoms with van der Waals surface area (Å²) in [6.45, 7) is 5.86. The molecular formula is C15H16FN3O. The Morgan fingerprint density at radius 1 is 1.30 bits per heavy atom. The smallest absolute Gasteiger partial charge is 0.201 e. The van der Waals surface area contributed by atoms with Gasteiger partial charge in [0.2, 0.25) is 5.95 Å². The number of aryl methyl sites for hydroxylation is 2. The molecule has 1 unspecified atom stereocenters. The van der Waals surface area contributed by atoms with Crippen molar-refractivity contribution in [1.82, 2.24) is 9.55 Å². The van der Waals surface area contributed by atoms with Gasteiger partial charge < -0.3 is 14.7 Å². The average Bonchev–Trinajstić information content (AvgIpc) is 2.87. The summed E-state index contributed by atoms with van der Waals surface area (Å²) in [6.07, 6.45) is 0. The van der Waals surface area contributed by atoms with E-state index in [4.69, 9.17) is 10.2 Å². The van der Waals surface area contributed by atoms with Gasteiger partial charge >= 0.3 is 0 Å². The quantitative estimate of drug-likeness (QED) is 0.776. The number of rotatable bonds is 2. The van der Waals surface area contributed by atoms with Gasteiger partial charge in [-0.1, -0.05) is 0 Å². The number of imidazole rings is 1. The largest absolute Gasteiger partial charge is 0.466 e. The van der Waals surface area contributed by atoms with E-state index in [-0.39, 0.29) is 11.9 Å². The minimum absolute atomic E-state index is 0.0251. The molecular weight excluding hydrogens is 257 g/mol. The number of aromatic nitrogens is 2. The highest BCUT2D eigenvalue weighted by Crippen LogP contribution is 2.30. The van der Waals surface area contributed by atoms with Gasteiger partial charge in [0.1, 0.15) is 17.3 Å². The normalized spacial score (nSPS) is 13.0. The Kier molecular flexibility index (Phi) is 2.78. The van der Waals surface area contributed by atoms with Gasteiger partial charge in [-0.15, -0.1) is 0 Å². The molecule has 0 amide bonds. The standard InChI is InChI=1S/C15H16FN3O/c1-8-6-12(10(3)20-8)9(2)19-14-5-4-11(16)7-13(14)18-15(19)17/h4-7,9H,1-3H3,(H2,17,18). The Bertz CT molecular complexity index is 788. The van der Waals surface area contributed by atoms with Gasteiger partial charge in [-0.25, -0.2) is 9.37 Å². The minimum atomic E-state index is -0.315. The van der Waals surface area contributed by atoms with Crippen molar-refractivity contribution in [2.45, 2.75) is 26.8 Å². The van der Waals surface area contributed by atoms with E-state index in [0.717, 1.165) is 22.6 Å². The fraction of sp³-hybridized carbons (Fsp3) is 0.267. The molecule has 1 aromatic carbocycles. The van der Waals surface area contributed by atoms with Crippen LogP contribution in [0.1, 0.15) is 30.0 Å². The number of nitrogens with two attached hydrogens (primary N) is 1. The Hall–Kier alpha value is -2.30. The number of hydrogen-bond acceptors (Lipinski definition) is 3. The number of furan rings is 1. The second-order valence-electron chi connectivity index (χ2n) is 5.02. The van der Waals surface area contributed by atoms with Crippen molar-refractivity contribution in [2.24, 2.45) is 0 Å². The average molecular weight is 273 g/mol. The van der Waals surface area contributed by atoms with E-state index >= 15 is 0 Å². The van der Waals surface area contributed by atoms with Crippen molar-refractivity contribution in [1.29, 1.82) is 0 Å². The van der Waals surface area contributed by atoms with E-state index < -0.39 is 0 Å². The zero-order valence-electron chi connectivity index (χ0n) is 11.6. The van der Waals surface area contributed by atoms with Crippen molar-refractivity contribution < 1.29 is 8.81 Å². The molecule has 4 nitrogen and oxygen atoms in total. The van der Waals surface area contributed by atoms with Gasteiger partial charge in [-0.05, 0) is 39.0 Å². The highest BCUT2D eigenvalue weighted by molar-refractivity contribution is 5.78. The first-order valence-corrected chi connectivity index (χ1v) is 6.47. The summed E-state index contributed by atoms with van der Waals surface area (Å²) in [7, 11) is 0. The number of anilines is 1. The van der Waals surface area contributed by atoms with E-state index in [1.54, 1.807) is 6.07 Å². The molecule has 0 bridgehead atoms. The SMILES string of the molecule is Cc1cc(C(C)n2c(N)nc3cc(F)ccc32)c(C)o1. The molecule has 0 radical (unpaired) electrons.